The molecule has 1 aromatic carbocycles. The summed E-state index contributed by atoms with van der Waals surface area (Å²) >= 11 is 1.42. The van der Waals surface area contributed by atoms with Crippen molar-refractivity contribution < 1.29 is 14.0 Å². The lowest BCUT2D eigenvalue weighted by molar-refractivity contribution is -0.119. The number of nitrogens with zero attached hydrogens (tertiary/aromatic N) is 5. The number of pyridine rings is 1. The number of amides is 2. The van der Waals surface area contributed by atoms with E-state index in [4.69, 9.17) is 9.40 Å². The smallest absolute Gasteiger partial charge is 0.297 e. The van der Waals surface area contributed by atoms with E-state index in [1.165, 1.54) is 30.6 Å². The van der Waals surface area contributed by atoms with Gasteiger partial charge in [0.2, 0.25) is 11.7 Å². The molecular formula is C30H31N5O3S. The average Bonchev–Trinajstić information content (AvgIpc) is 3.62. The van der Waals surface area contributed by atoms with E-state index in [1.807, 2.05) is 41.5 Å². The van der Waals surface area contributed by atoms with Crippen LogP contribution in [0.1, 0.15) is 77.7 Å². The van der Waals surface area contributed by atoms with E-state index < -0.39 is 0 Å². The molecule has 4 aromatic rings. The summed E-state index contributed by atoms with van der Waals surface area (Å²) in [6.07, 6.45) is 10.4. The minimum atomic E-state index is -0.238. The van der Waals surface area contributed by atoms with Gasteiger partial charge >= 0.3 is 0 Å². The summed E-state index contributed by atoms with van der Waals surface area (Å²) in [6.45, 7) is 2.33. The van der Waals surface area contributed by atoms with Crippen LogP contribution in [0.2, 0.25) is 0 Å². The van der Waals surface area contributed by atoms with Crippen LogP contribution in [-0.2, 0) is 17.8 Å². The maximum absolute atomic E-state index is 13.3. The standard InChI is InChI=1S/C30H31N5O3S/c1-19-27(38-28(32-19)21-8-4-3-5-9-21)29(37)34(2)30-33-24(18-39-30)22-10-12-25-23(15-22)11-13-26(36)35(25)17-20-7-6-14-31-16-20/h6-7,10,12,14-16,18,21H,3-5,8-9,11,13,17H2,1-2H3. The molecule has 3 aromatic heterocycles. The number of aromatic nitrogens is 3. The lowest BCUT2D eigenvalue weighted by Gasteiger charge is -2.29. The summed E-state index contributed by atoms with van der Waals surface area (Å²) < 4.78 is 6.01. The molecule has 39 heavy (non-hydrogen) atoms. The van der Waals surface area contributed by atoms with Gasteiger partial charge in [0.05, 0.1) is 17.9 Å². The van der Waals surface area contributed by atoms with E-state index in [-0.39, 0.29) is 11.8 Å². The SMILES string of the molecule is Cc1nc(C2CCCCC2)oc1C(=O)N(C)c1nc(-c2ccc3c(c2)CCC(=O)N3Cc2cccnc2)cs1. The number of fused-ring (bicyclic) bond motifs is 1. The Labute approximate surface area is 231 Å². The molecule has 2 amide bonds. The molecule has 200 valence electrons. The summed E-state index contributed by atoms with van der Waals surface area (Å²) in [5.41, 5.74) is 5.42. The van der Waals surface area contributed by atoms with Crippen molar-refractivity contribution in [2.24, 2.45) is 0 Å². The summed E-state index contributed by atoms with van der Waals surface area (Å²) in [5, 5.41) is 2.55. The molecule has 0 unspecified atom stereocenters. The predicted molar refractivity (Wildman–Crippen MR) is 151 cm³/mol. The van der Waals surface area contributed by atoms with Gasteiger partial charge in [-0.05, 0) is 55.5 Å². The fraction of sp³-hybridized carbons (Fsp3) is 0.367. The molecule has 1 aliphatic heterocycles. The van der Waals surface area contributed by atoms with E-state index in [9.17, 15) is 9.59 Å². The Kier molecular flexibility index (Phi) is 6.99. The number of oxazole rings is 1. The zero-order valence-corrected chi connectivity index (χ0v) is 23.0. The number of hydrogen-bond acceptors (Lipinski definition) is 7. The van der Waals surface area contributed by atoms with Crippen molar-refractivity contribution in [3.63, 3.8) is 0 Å². The first-order chi connectivity index (χ1) is 19.0. The topological polar surface area (TPSA) is 92.4 Å². The monoisotopic (exact) mass is 541 g/mol. The van der Waals surface area contributed by atoms with Gasteiger partial charge in [0.1, 0.15) is 0 Å². The second-order valence-corrected chi connectivity index (χ2v) is 11.2. The summed E-state index contributed by atoms with van der Waals surface area (Å²) in [4.78, 5) is 43.0. The minimum absolute atomic E-state index is 0.115. The maximum Gasteiger partial charge on any atom is 0.297 e. The molecule has 1 saturated carbocycles. The van der Waals surface area contributed by atoms with Gasteiger partial charge in [-0.3, -0.25) is 19.5 Å². The van der Waals surface area contributed by atoms with E-state index in [0.29, 0.717) is 47.8 Å². The van der Waals surface area contributed by atoms with Gasteiger partial charge in [0, 0.05) is 48.4 Å². The largest absolute Gasteiger partial charge is 0.435 e. The van der Waals surface area contributed by atoms with Gasteiger partial charge in [-0.2, -0.15) is 0 Å². The lowest BCUT2D eigenvalue weighted by atomic mass is 9.89. The summed E-state index contributed by atoms with van der Waals surface area (Å²) in [5.74, 6) is 1.16. The molecule has 0 spiro atoms. The van der Waals surface area contributed by atoms with Gasteiger partial charge < -0.3 is 9.32 Å². The molecule has 1 fully saturated rings. The van der Waals surface area contributed by atoms with Crippen LogP contribution in [0.4, 0.5) is 10.8 Å². The van der Waals surface area contributed by atoms with Crippen molar-refractivity contribution in [2.75, 3.05) is 16.8 Å². The van der Waals surface area contributed by atoms with Crippen LogP contribution in [0.15, 0.2) is 52.5 Å². The van der Waals surface area contributed by atoms with Crippen LogP contribution in [0.25, 0.3) is 11.3 Å². The quantitative estimate of drug-likeness (QED) is 0.284. The fourth-order valence-corrected chi connectivity index (χ4v) is 6.29. The Hall–Kier alpha value is -3.85. The second-order valence-electron chi connectivity index (χ2n) is 10.4. The number of anilines is 2. The summed E-state index contributed by atoms with van der Waals surface area (Å²) in [7, 11) is 1.72. The van der Waals surface area contributed by atoms with Crippen LogP contribution in [0.3, 0.4) is 0 Å². The van der Waals surface area contributed by atoms with Crippen molar-refractivity contribution in [3.05, 3.63) is 76.6 Å². The highest BCUT2D eigenvalue weighted by molar-refractivity contribution is 7.14. The number of benzene rings is 1. The third-order valence-electron chi connectivity index (χ3n) is 7.68. The van der Waals surface area contributed by atoms with E-state index >= 15 is 0 Å². The number of carbonyl (C=O) groups excluding carboxylic acids is 2. The molecule has 6 rings (SSSR count). The van der Waals surface area contributed by atoms with Crippen molar-refractivity contribution in [1.82, 2.24) is 15.0 Å². The normalized spacial score (nSPS) is 15.8. The zero-order valence-electron chi connectivity index (χ0n) is 22.2. The van der Waals surface area contributed by atoms with Gasteiger partial charge in [0.25, 0.3) is 5.91 Å². The highest BCUT2D eigenvalue weighted by atomic mass is 32.1. The van der Waals surface area contributed by atoms with Crippen LogP contribution >= 0.6 is 11.3 Å². The molecule has 4 heterocycles. The molecule has 0 saturated heterocycles. The molecule has 9 heteroatoms. The Morgan fingerprint density at radius 3 is 2.79 bits per heavy atom. The Bertz CT molecular complexity index is 1510. The number of carbonyl (C=O) groups is 2. The van der Waals surface area contributed by atoms with Gasteiger partial charge in [-0.25, -0.2) is 9.97 Å². The third-order valence-corrected chi connectivity index (χ3v) is 8.60. The number of rotatable bonds is 6. The highest BCUT2D eigenvalue weighted by Crippen LogP contribution is 2.36. The van der Waals surface area contributed by atoms with E-state index in [0.717, 1.165) is 40.9 Å². The zero-order chi connectivity index (χ0) is 26.9. The van der Waals surface area contributed by atoms with Crippen molar-refractivity contribution >= 4 is 34.0 Å². The molecule has 1 aliphatic carbocycles. The fourth-order valence-electron chi connectivity index (χ4n) is 5.50. The van der Waals surface area contributed by atoms with Gasteiger partial charge in [-0.1, -0.05) is 31.4 Å². The van der Waals surface area contributed by atoms with Crippen LogP contribution in [0, 0.1) is 6.92 Å². The van der Waals surface area contributed by atoms with Gasteiger partial charge in [-0.15, -0.1) is 11.3 Å². The number of aryl methyl sites for hydroxylation is 2. The molecule has 0 N–H and O–H groups in total. The molecule has 2 aliphatic rings. The molecule has 8 nitrogen and oxygen atoms in total. The van der Waals surface area contributed by atoms with Crippen molar-refractivity contribution in [3.8, 4) is 11.3 Å². The first kappa shape index (κ1) is 25.4. The molecule has 0 radical (unpaired) electrons. The minimum Gasteiger partial charge on any atom is -0.435 e. The van der Waals surface area contributed by atoms with Crippen LogP contribution in [0.5, 0.6) is 0 Å². The molecule has 0 atom stereocenters. The Balaban J connectivity index is 1.20. The van der Waals surface area contributed by atoms with Crippen molar-refractivity contribution in [2.45, 2.75) is 64.3 Å². The molecule has 0 bridgehead atoms. The highest BCUT2D eigenvalue weighted by Gasteiger charge is 2.28. The van der Waals surface area contributed by atoms with Crippen LogP contribution < -0.4 is 9.80 Å². The third kappa shape index (κ3) is 5.11. The first-order valence-corrected chi connectivity index (χ1v) is 14.4. The number of thiazole rings is 1. The van der Waals surface area contributed by atoms with Gasteiger partial charge in [0.15, 0.2) is 11.0 Å². The van der Waals surface area contributed by atoms with Crippen molar-refractivity contribution in [1.29, 1.82) is 0 Å². The average molecular weight is 542 g/mol. The lowest BCUT2D eigenvalue weighted by Crippen LogP contribution is -2.34. The second kappa shape index (κ2) is 10.7. The number of hydrogen-bond donors (Lipinski definition) is 0. The predicted octanol–water partition coefficient (Wildman–Crippen LogP) is 6.31. The van der Waals surface area contributed by atoms with E-state index in [2.05, 4.69) is 16.0 Å². The Morgan fingerprint density at radius 1 is 1.15 bits per heavy atom. The maximum atomic E-state index is 13.3. The Morgan fingerprint density at radius 2 is 2.00 bits per heavy atom. The molecular weight excluding hydrogens is 510 g/mol. The van der Waals surface area contributed by atoms with E-state index in [1.54, 1.807) is 24.3 Å². The van der Waals surface area contributed by atoms with Crippen LogP contribution in [-0.4, -0.2) is 33.8 Å². The summed E-state index contributed by atoms with van der Waals surface area (Å²) in [6, 6.07) is 9.96. The first-order valence-electron chi connectivity index (χ1n) is 13.5.